The first-order chi connectivity index (χ1) is 51.7. The highest BCUT2D eigenvalue weighted by Gasteiger charge is 2.64. The average molecular weight is 1690 g/mol. The standard InChI is InChI=1S/C39H78O3Si3.C39H76O3Si3.C21H36O3/c2*1-19-29-20-21-33-32(28-41-44(15,16)36(5,6)7)34(23-25-38(29,33)11)39(12)24-22-31(42-45(17,18)37(8,9)10)26-30(39)27-40-43(13,14)35(2,3)4;1-4-14-5-6-18-17(13-23)19(8-10-20(14,18)2)21(3)9-7-16(24)11-15(21)12-22/h19,29-34H,1,20-28H2,2-18H3;1,29-34H,20-28H2,2-18H3;4,14-19,22-24H,1,5-13H2,2-3H3/t2*29?,30-,31+,32+,33?,34?,38-,39+;14?,15-,16+,17+,18?,19?,20-,21+/m111/s1. The number of fused-ring (bicyclic) bond motifs is 3. The highest BCUT2D eigenvalue weighted by Crippen LogP contribution is 2.69. The zero-order valence-corrected chi connectivity index (χ0v) is 87.9. The van der Waals surface area contributed by atoms with Gasteiger partial charge in [-0.15, -0.1) is 25.5 Å². The Balaban J connectivity index is 0.000000248. The molecule has 3 N–H and O–H groups in total. The summed E-state index contributed by atoms with van der Waals surface area (Å²) in [6, 6.07) is 0. The summed E-state index contributed by atoms with van der Waals surface area (Å²) < 4.78 is 43.1. The van der Waals surface area contributed by atoms with Crippen molar-refractivity contribution < 1.29 is 41.9 Å². The fraction of sp³-hybridized carbons (Fsp3) is 0.939. The second-order valence-electron chi connectivity index (χ2n) is 51.1. The number of aliphatic hydroxyl groups excluding tert-OH is 3. The summed E-state index contributed by atoms with van der Waals surface area (Å²) in [5.41, 5.74) is 1.34. The molecule has 0 bridgehead atoms. The minimum Gasteiger partial charge on any atom is -0.417 e. The minimum absolute atomic E-state index is 0.0367. The molecule has 0 amide bonds. The molecule has 0 aromatic carbocycles. The fourth-order valence-corrected chi connectivity index (χ4v) is 31.1. The van der Waals surface area contributed by atoms with Gasteiger partial charge in [0.05, 0.1) is 6.10 Å². The van der Waals surface area contributed by atoms with Gasteiger partial charge < -0.3 is 41.9 Å². The molecule has 0 aromatic heterocycles. The van der Waals surface area contributed by atoms with E-state index in [1.54, 1.807) is 0 Å². The van der Waals surface area contributed by atoms with Crippen LogP contribution >= 0.6 is 0 Å². The summed E-state index contributed by atoms with van der Waals surface area (Å²) in [6.07, 6.45) is 35.6. The van der Waals surface area contributed by atoms with E-state index in [2.05, 4.69) is 276 Å². The molecule has 9 saturated carbocycles. The Bertz CT molecular complexity index is 3170. The lowest BCUT2D eigenvalue weighted by Crippen LogP contribution is -2.55. The Kier molecular flexibility index (Phi) is 32.0. The Labute approximate surface area is 713 Å². The number of terminal acetylenes is 1. The third kappa shape index (κ3) is 20.9. The van der Waals surface area contributed by atoms with E-state index in [0.29, 0.717) is 107 Å². The van der Waals surface area contributed by atoms with E-state index in [0.717, 1.165) is 58.5 Å². The molecule has 0 spiro atoms. The van der Waals surface area contributed by atoms with E-state index in [1.165, 1.54) is 96.3 Å². The van der Waals surface area contributed by atoms with Gasteiger partial charge in [0.15, 0.2) is 49.9 Å². The number of hydrogen-bond acceptors (Lipinski definition) is 9. The number of aliphatic hydroxyl groups is 3. The molecule has 9 rings (SSSR count). The van der Waals surface area contributed by atoms with Crippen molar-refractivity contribution in [2.24, 2.45) is 121 Å². The molecule has 0 radical (unpaired) electrons. The van der Waals surface area contributed by atoms with Crippen LogP contribution in [0.3, 0.4) is 0 Å². The predicted octanol–water partition coefficient (Wildman–Crippen LogP) is 27.8. The van der Waals surface area contributed by atoms with Crippen LogP contribution < -0.4 is 0 Å². The van der Waals surface area contributed by atoms with Crippen LogP contribution in [0.25, 0.3) is 0 Å². The lowest BCUT2D eigenvalue weighted by Gasteiger charge is -2.58. The third-order valence-corrected chi connectivity index (χ3v) is 66.1. The van der Waals surface area contributed by atoms with Crippen molar-refractivity contribution in [2.75, 3.05) is 39.6 Å². The van der Waals surface area contributed by atoms with Gasteiger partial charge in [-0.2, -0.15) is 0 Å². The van der Waals surface area contributed by atoms with Gasteiger partial charge in [-0.05, 0) is 359 Å². The molecular weight excluding hydrogens is 1500 g/mol. The first-order valence-electron chi connectivity index (χ1n) is 47.2. The predicted molar refractivity (Wildman–Crippen MR) is 504 cm³/mol. The van der Waals surface area contributed by atoms with Crippen molar-refractivity contribution in [1.82, 2.24) is 0 Å². The van der Waals surface area contributed by atoms with Gasteiger partial charge in [-0.25, -0.2) is 0 Å². The van der Waals surface area contributed by atoms with Crippen molar-refractivity contribution in [3.05, 3.63) is 25.3 Å². The summed E-state index contributed by atoms with van der Waals surface area (Å²) in [4.78, 5) is 0. The van der Waals surface area contributed by atoms with Crippen LogP contribution in [0.4, 0.5) is 0 Å². The maximum absolute atomic E-state index is 10.3. The molecule has 0 aliphatic heterocycles. The van der Waals surface area contributed by atoms with E-state index in [4.69, 9.17) is 33.0 Å². The van der Waals surface area contributed by atoms with Crippen molar-refractivity contribution in [1.29, 1.82) is 0 Å². The minimum atomic E-state index is -1.90. The zero-order chi connectivity index (χ0) is 86.8. The first kappa shape index (κ1) is 101. The van der Waals surface area contributed by atoms with Crippen LogP contribution in [-0.4, -0.2) is 123 Å². The van der Waals surface area contributed by atoms with Crippen LogP contribution in [0.15, 0.2) is 25.3 Å². The van der Waals surface area contributed by atoms with Gasteiger partial charge in [0.1, 0.15) is 0 Å². The third-order valence-electron chi connectivity index (χ3n) is 39.0. The van der Waals surface area contributed by atoms with Crippen molar-refractivity contribution in [3.63, 3.8) is 0 Å². The maximum Gasteiger partial charge on any atom is 0.192 e. The first-order valence-corrected chi connectivity index (χ1v) is 64.6. The average Bonchev–Trinajstić information content (AvgIpc) is 1.48. The summed E-state index contributed by atoms with van der Waals surface area (Å²) >= 11 is 0. The quantitative estimate of drug-likeness (QED) is 0.0522. The molecule has 9 unspecified atom stereocenters. The normalized spacial score (nSPS) is 39.1. The van der Waals surface area contributed by atoms with Crippen molar-refractivity contribution in [2.45, 2.75) is 428 Å². The molecule has 9 fully saturated rings. The molecule has 0 saturated heterocycles. The van der Waals surface area contributed by atoms with Crippen LogP contribution in [0.1, 0.15) is 301 Å². The number of allylic oxidation sites excluding steroid dienone is 2. The SMILES string of the molecule is C#CC1CCC2[C@H](CO[Si](C)(C)C(C)(C)C)C([C@@]3(C)CC[C@H](O[Si](C)(C)C(C)(C)C)C[C@@H]3CO[Si](C)(C)C(C)(C)C)CC[C@]12C.C=CC1CCC2[C@H](CO)C([C@@]3(C)CC[C@H](O)C[C@@H]3CO)CC[C@]12C.C=CC1CCC2[C@H](CO[Si](C)(C)C(C)(C)C)C([C@@]3(C)CC[C@H](O[Si](C)(C)C(C)(C)C)C[C@@H]3CO[Si](C)(C)C(C)(C)C)CC[C@]12C. The molecule has 9 nitrogen and oxygen atoms in total. The molecule has 664 valence electrons. The highest BCUT2D eigenvalue weighted by molar-refractivity contribution is 6.76. The summed E-state index contributed by atoms with van der Waals surface area (Å²) in [5.74, 6) is 11.2. The number of hydrogen-bond donors (Lipinski definition) is 3. The Hall–Kier alpha value is -0.0187. The second-order valence-corrected chi connectivity index (χ2v) is 79.9. The second kappa shape index (κ2) is 36.1. The molecule has 114 heavy (non-hydrogen) atoms. The highest BCUT2D eigenvalue weighted by atomic mass is 28.4. The van der Waals surface area contributed by atoms with Gasteiger partial charge in [-0.1, -0.05) is 178 Å². The van der Waals surface area contributed by atoms with Crippen molar-refractivity contribution >= 4 is 49.9 Å². The van der Waals surface area contributed by atoms with Crippen LogP contribution in [-0.2, 0) is 26.6 Å². The monoisotopic (exact) mass is 1690 g/mol. The Morgan fingerprint density at radius 1 is 0.342 bits per heavy atom. The summed E-state index contributed by atoms with van der Waals surface area (Å²) in [6.45, 7) is 99.7. The van der Waals surface area contributed by atoms with Crippen LogP contribution in [0, 0.1) is 134 Å². The molecule has 0 aromatic rings. The van der Waals surface area contributed by atoms with E-state index >= 15 is 0 Å². The fourth-order valence-electron chi connectivity index (χ4n) is 24.1. The van der Waals surface area contributed by atoms with Gasteiger partial charge in [0.25, 0.3) is 0 Å². The molecular formula is C99H190O9Si6. The zero-order valence-electron chi connectivity index (χ0n) is 81.9. The molecule has 9 aliphatic carbocycles. The lowest BCUT2D eigenvalue weighted by atomic mass is 9.49. The van der Waals surface area contributed by atoms with E-state index in [9.17, 15) is 15.3 Å². The van der Waals surface area contributed by atoms with E-state index in [1.807, 2.05) is 0 Å². The smallest absolute Gasteiger partial charge is 0.192 e. The maximum atomic E-state index is 10.3. The molecule has 0 heterocycles. The van der Waals surface area contributed by atoms with E-state index in [-0.39, 0.29) is 82.5 Å². The summed E-state index contributed by atoms with van der Waals surface area (Å²) in [5, 5.41) is 31.6. The largest absolute Gasteiger partial charge is 0.417 e. The number of rotatable bonds is 23. The Morgan fingerprint density at radius 3 is 0.947 bits per heavy atom. The van der Waals surface area contributed by atoms with Crippen molar-refractivity contribution in [3.8, 4) is 12.3 Å². The van der Waals surface area contributed by atoms with Gasteiger partial charge in [0, 0.05) is 57.8 Å². The van der Waals surface area contributed by atoms with E-state index < -0.39 is 49.9 Å². The van der Waals surface area contributed by atoms with Crippen LogP contribution in [0.5, 0.6) is 0 Å². The molecule has 15 heteroatoms. The van der Waals surface area contributed by atoms with Crippen LogP contribution in [0.2, 0.25) is 109 Å². The van der Waals surface area contributed by atoms with Gasteiger partial charge >= 0.3 is 0 Å². The Morgan fingerprint density at radius 2 is 0.623 bits per heavy atom. The molecule has 9 aliphatic rings. The topological polar surface area (TPSA) is 116 Å². The molecule has 24 atom stereocenters. The lowest BCUT2D eigenvalue weighted by molar-refractivity contribution is -0.112. The van der Waals surface area contributed by atoms with Gasteiger partial charge in [-0.3, -0.25) is 0 Å². The summed E-state index contributed by atoms with van der Waals surface area (Å²) in [7, 11) is -11.3. The van der Waals surface area contributed by atoms with Gasteiger partial charge in [0.2, 0.25) is 0 Å².